The van der Waals surface area contributed by atoms with Gasteiger partial charge in [0.2, 0.25) is 0 Å². The van der Waals surface area contributed by atoms with Gasteiger partial charge >= 0.3 is 5.97 Å². The van der Waals surface area contributed by atoms with E-state index in [0.717, 1.165) is 25.7 Å². The Bertz CT molecular complexity index is 714. The Hall–Kier alpha value is -2.51. The summed E-state index contributed by atoms with van der Waals surface area (Å²) in [6.07, 6.45) is 7.22. The Kier molecular flexibility index (Phi) is 7.06. The standard InChI is InChI=1S/C19H25N3O4/c1-2-3-4-7-10-22(12-18(24)25)11-17(20-14-22)19(26)21-16-9-6-5-8-15(16)13-23/h5-6,8-9,11,14,23H,2-4,7,10,12-13H2,1H3,(H-,21,24,25,26)/p+1. The fraction of sp³-hybridized carbons (Fsp3) is 0.421. The molecule has 0 fully saturated rings. The fourth-order valence-corrected chi connectivity index (χ4v) is 2.94. The number of amides is 1. The zero-order valence-corrected chi connectivity index (χ0v) is 15.0. The van der Waals surface area contributed by atoms with Crippen LogP contribution in [0.1, 0.15) is 38.2 Å². The second-order valence-corrected chi connectivity index (χ2v) is 6.47. The lowest BCUT2D eigenvalue weighted by Crippen LogP contribution is -2.44. The number of carbonyl (C=O) groups is 2. The molecule has 1 unspecified atom stereocenters. The van der Waals surface area contributed by atoms with Gasteiger partial charge in [0.05, 0.1) is 13.2 Å². The van der Waals surface area contributed by atoms with Crippen molar-refractivity contribution in [3.05, 3.63) is 41.7 Å². The third-order valence-corrected chi connectivity index (χ3v) is 4.33. The van der Waals surface area contributed by atoms with E-state index in [1.807, 2.05) is 0 Å². The number of aliphatic imine (C=N–C) groups is 1. The van der Waals surface area contributed by atoms with Crippen molar-refractivity contribution in [1.82, 2.24) is 0 Å². The molecular formula is C19H26N3O4+. The predicted octanol–water partition coefficient (Wildman–Crippen LogP) is 2.48. The molecule has 1 aliphatic heterocycles. The quantitative estimate of drug-likeness (QED) is 0.441. The average molecular weight is 360 g/mol. The van der Waals surface area contributed by atoms with Gasteiger partial charge in [-0.05, 0) is 18.9 Å². The first kappa shape index (κ1) is 19.8. The van der Waals surface area contributed by atoms with Gasteiger partial charge in [-0.1, -0.05) is 38.0 Å². The molecule has 1 atom stereocenters. The van der Waals surface area contributed by atoms with Crippen LogP contribution in [0.4, 0.5) is 5.69 Å². The monoisotopic (exact) mass is 360 g/mol. The van der Waals surface area contributed by atoms with Gasteiger partial charge in [0.1, 0.15) is 6.20 Å². The molecule has 7 heteroatoms. The molecule has 1 heterocycles. The molecule has 2 rings (SSSR count). The van der Waals surface area contributed by atoms with Gasteiger partial charge in [-0.3, -0.25) is 4.79 Å². The van der Waals surface area contributed by atoms with Crippen LogP contribution in [-0.2, 0) is 16.2 Å². The summed E-state index contributed by atoms with van der Waals surface area (Å²) in [4.78, 5) is 27.9. The van der Waals surface area contributed by atoms with Crippen LogP contribution in [0.15, 0.2) is 41.2 Å². The Morgan fingerprint density at radius 2 is 1.96 bits per heavy atom. The zero-order valence-electron chi connectivity index (χ0n) is 15.0. The molecule has 0 saturated carbocycles. The van der Waals surface area contributed by atoms with E-state index < -0.39 is 11.9 Å². The molecule has 0 saturated heterocycles. The lowest BCUT2D eigenvalue weighted by Gasteiger charge is -2.25. The van der Waals surface area contributed by atoms with Crippen LogP contribution in [0.25, 0.3) is 0 Å². The number of unbranched alkanes of at least 4 members (excludes halogenated alkanes) is 3. The maximum absolute atomic E-state index is 12.5. The van der Waals surface area contributed by atoms with Crippen LogP contribution < -0.4 is 5.32 Å². The van der Waals surface area contributed by atoms with Gasteiger partial charge in [0.25, 0.3) is 5.91 Å². The summed E-state index contributed by atoms with van der Waals surface area (Å²) in [5.74, 6) is -1.35. The van der Waals surface area contributed by atoms with Crippen LogP contribution in [0.2, 0.25) is 0 Å². The number of carboxylic acid groups (broad SMARTS) is 1. The number of aliphatic hydroxyl groups excluding tert-OH is 1. The average Bonchev–Trinajstić information content (AvgIpc) is 3.03. The number of benzene rings is 1. The van der Waals surface area contributed by atoms with Gasteiger partial charge in [-0.15, -0.1) is 0 Å². The Labute approximate surface area is 153 Å². The van der Waals surface area contributed by atoms with Crippen molar-refractivity contribution in [1.29, 1.82) is 0 Å². The van der Waals surface area contributed by atoms with Crippen molar-refractivity contribution in [2.75, 3.05) is 18.4 Å². The summed E-state index contributed by atoms with van der Waals surface area (Å²) in [7, 11) is 0. The summed E-state index contributed by atoms with van der Waals surface area (Å²) in [5, 5.41) is 21.3. The number of anilines is 1. The van der Waals surface area contributed by atoms with Crippen LogP contribution in [0.3, 0.4) is 0 Å². The van der Waals surface area contributed by atoms with Crippen molar-refractivity contribution in [2.24, 2.45) is 4.99 Å². The number of carbonyl (C=O) groups excluding carboxylic acids is 1. The normalized spacial score (nSPS) is 18.6. The Balaban J connectivity index is 2.11. The number of nitrogens with one attached hydrogen (secondary N) is 1. The maximum Gasteiger partial charge on any atom is 0.360 e. The molecule has 26 heavy (non-hydrogen) atoms. The molecular weight excluding hydrogens is 334 g/mol. The van der Waals surface area contributed by atoms with Crippen molar-refractivity contribution in [2.45, 2.75) is 39.2 Å². The number of quaternary nitrogens is 1. The number of carboxylic acids is 1. The topological polar surface area (TPSA) is 99.0 Å². The van der Waals surface area contributed by atoms with Crippen molar-refractivity contribution >= 4 is 23.9 Å². The minimum Gasteiger partial charge on any atom is -0.477 e. The van der Waals surface area contributed by atoms with Crippen molar-refractivity contribution in [3.8, 4) is 0 Å². The lowest BCUT2D eigenvalue weighted by molar-refractivity contribution is -0.771. The molecule has 0 radical (unpaired) electrons. The second-order valence-electron chi connectivity index (χ2n) is 6.47. The molecule has 1 amide bonds. The van der Waals surface area contributed by atoms with E-state index in [4.69, 9.17) is 0 Å². The fourth-order valence-electron chi connectivity index (χ4n) is 2.94. The van der Waals surface area contributed by atoms with E-state index in [1.165, 1.54) is 6.34 Å². The molecule has 140 valence electrons. The third kappa shape index (κ3) is 5.24. The highest BCUT2D eigenvalue weighted by Crippen LogP contribution is 2.21. The number of hydrogen-bond donors (Lipinski definition) is 3. The Morgan fingerprint density at radius 1 is 1.19 bits per heavy atom. The van der Waals surface area contributed by atoms with Crippen LogP contribution >= 0.6 is 0 Å². The SMILES string of the molecule is CCCCCC[N+]1(CC(=O)O)C=NC(C(=O)Nc2ccccc2CO)=C1. The first-order valence-corrected chi connectivity index (χ1v) is 8.86. The number of hydrogen-bond acceptors (Lipinski definition) is 4. The highest BCUT2D eigenvalue weighted by atomic mass is 16.4. The summed E-state index contributed by atoms with van der Waals surface area (Å²) < 4.78 is 0.0451. The van der Waals surface area contributed by atoms with E-state index in [1.54, 1.807) is 30.5 Å². The molecule has 1 aliphatic rings. The first-order valence-electron chi connectivity index (χ1n) is 8.86. The van der Waals surface area contributed by atoms with Crippen LogP contribution in [0, 0.1) is 0 Å². The van der Waals surface area contributed by atoms with Crippen LogP contribution in [-0.4, -0.2) is 46.0 Å². The molecule has 3 N–H and O–H groups in total. The first-order chi connectivity index (χ1) is 12.5. The molecule has 0 aliphatic carbocycles. The molecule has 1 aromatic rings. The second kappa shape index (κ2) is 9.26. The molecule has 0 spiro atoms. The van der Waals surface area contributed by atoms with Gasteiger partial charge in [0.15, 0.2) is 18.6 Å². The summed E-state index contributed by atoms with van der Waals surface area (Å²) in [5.41, 5.74) is 1.31. The molecule has 0 bridgehead atoms. The van der Waals surface area contributed by atoms with Gasteiger partial charge in [-0.25, -0.2) is 9.28 Å². The van der Waals surface area contributed by atoms with Crippen molar-refractivity contribution < 1.29 is 24.3 Å². The van der Waals surface area contributed by atoms with E-state index in [-0.39, 0.29) is 23.3 Å². The minimum atomic E-state index is -0.935. The smallest absolute Gasteiger partial charge is 0.360 e. The van der Waals surface area contributed by atoms with E-state index in [9.17, 15) is 19.8 Å². The van der Waals surface area contributed by atoms with E-state index >= 15 is 0 Å². The number of aliphatic hydroxyl groups is 1. The Morgan fingerprint density at radius 3 is 2.65 bits per heavy atom. The number of aliphatic carboxylic acids is 1. The third-order valence-electron chi connectivity index (χ3n) is 4.33. The summed E-state index contributed by atoms with van der Waals surface area (Å²) >= 11 is 0. The summed E-state index contributed by atoms with van der Waals surface area (Å²) in [6, 6.07) is 6.96. The number of rotatable bonds is 10. The van der Waals surface area contributed by atoms with Gasteiger partial charge < -0.3 is 15.5 Å². The molecule has 1 aromatic carbocycles. The van der Waals surface area contributed by atoms with E-state index in [0.29, 0.717) is 17.8 Å². The van der Waals surface area contributed by atoms with E-state index in [2.05, 4.69) is 17.2 Å². The highest BCUT2D eigenvalue weighted by Gasteiger charge is 2.34. The highest BCUT2D eigenvalue weighted by molar-refractivity contribution is 6.05. The summed E-state index contributed by atoms with van der Waals surface area (Å²) in [6.45, 7) is 2.39. The van der Waals surface area contributed by atoms with Crippen LogP contribution in [0.5, 0.6) is 0 Å². The molecule has 0 aromatic heterocycles. The predicted molar refractivity (Wildman–Crippen MR) is 99.3 cm³/mol. The number of para-hydroxylation sites is 1. The van der Waals surface area contributed by atoms with Gasteiger partial charge in [0, 0.05) is 11.3 Å². The largest absolute Gasteiger partial charge is 0.477 e. The maximum atomic E-state index is 12.5. The zero-order chi connectivity index (χ0) is 19.0. The number of nitrogens with zero attached hydrogens (tertiary/aromatic N) is 2. The van der Waals surface area contributed by atoms with Gasteiger partial charge in [-0.2, -0.15) is 4.99 Å². The minimum absolute atomic E-state index is 0.0451. The van der Waals surface area contributed by atoms with Crippen molar-refractivity contribution in [3.63, 3.8) is 0 Å². The molecule has 7 nitrogen and oxygen atoms in total. The lowest BCUT2D eigenvalue weighted by atomic mass is 10.2.